The number of amides is 4. The number of primary amides is 1. The van der Waals surface area contributed by atoms with Crippen molar-refractivity contribution in [1.82, 2.24) is 16.0 Å². The van der Waals surface area contributed by atoms with Gasteiger partial charge in [0.25, 0.3) is 0 Å². The summed E-state index contributed by atoms with van der Waals surface area (Å²) in [5, 5.41) is 37.2. The molecular formula is C28H42N4O11. The van der Waals surface area contributed by atoms with E-state index in [-0.39, 0.29) is 19.4 Å². The van der Waals surface area contributed by atoms with Crippen LogP contribution in [0.3, 0.4) is 0 Å². The summed E-state index contributed by atoms with van der Waals surface area (Å²) in [4.78, 5) is 60.7. The Labute approximate surface area is 249 Å². The van der Waals surface area contributed by atoms with Gasteiger partial charge < -0.3 is 51.2 Å². The topological polar surface area (TPSA) is 236 Å². The number of carboxylic acid groups (broad SMARTS) is 1. The highest BCUT2D eigenvalue weighted by atomic mass is 16.7. The summed E-state index contributed by atoms with van der Waals surface area (Å²) >= 11 is 0. The summed E-state index contributed by atoms with van der Waals surface area (Å²) < 4.78 is 17.4. The molecule has 15 heteroatoms. The Morgan fingerprint density at radius 1 is 1.02 bits per heavy atom. The Kier molecular flexibility index (Phi) is 14.5. The second kappa shape index (κ2) is 17.5. The van der Waals surface area contributed by atoms with Gasteiger partial charge >= 0.3 is 5.97 Å². The molecule has 43 heavy (non-hydrogen) atoms. The van der Waals surface area contributed by atoms with Crippen molar-refractivity contribution < 1.29 is 53.5 Å². The lowest BCUT2D eigenvalue weighted by Gasteiger charge is -2.44. The third kappa shape index (κ3) is 11.2. The summed E-state index contributed by atoms with van der Waals surface area (Å²) in [6.07, 6.45) is -5.58. The van der Waals surface area contributed by atoms with Crippen LogP contribution < -0.4 is 21.7 Å². The number of ether oxygens (including phenoxy) is 3. The van der Waals surface area contributed by atoms with E-state index in [4.69, 9.17) is 25.1 Å². The Bertz CT molecular complexity index is 1090. The Balaban J connectivity index is 2.14. The van der Waals surface area contributed by atoms with Crippen molar-refractivity contribution in [2.24, 2.45) is 11.7 Å². The molecule has 0 aromatic heterocycles. The molecule has 0 radical (unpaired) electrons. The van der Waals surface area contributed by atoms with Crippen molar-refractivity contribution in [3.8, 4) is 0 Å². The van der Waals surface area contributed by atoms with Gasteiger partial charge in [0.15, 0.2) is 6.29 Å². The van der Waals surface area contributed by atoms with Gasteiger partial charge in [-0.2, -0.15) is 0 Å². The largest absolute Gasteiger partial charge is 0.481 e. The SMILES string of the molecule is CCC(NC(=O)CO[C@H]1[C@H](O)[C@@H](CO)O[C@H](OCc2ccccc2)[C@@H]1NC(=O)C(C)C)C(=O)NC(CCC(=O)O)C(N)=O. The number of aliphatic carboxylic acids is 1. The highest BCUT2D eigenvalue weighted by molar-refractivity contribution is 5.92. The lowest BCUT2D eigenvalue weighted by atomic mass is 9.96. The maximum absolute atomic E-state index is 12.8. The van der Waals surface area contributed by atoms with Gasteiger partial charge in [-0.1, -0.05) is 51.1 Å². The minimum absolute atomic E-state index is 0.0764. The second-order valence-corrected chi connectivity index (χ2v) is 10.4. The van der Waals surface area contributed by atoms with Gasteiger partial charge in [-0.3, -0.25) is 24.0 Å². The monoisotopic (exact) mass is 610 g/mol. The van der Waals surface area contributed by atoms with Crippen LogP contribution in [0, 0.1) is 5.92 Å². The maximum Gasteiger partial charge on any atom is 0.303 e. The number of carbonyl (C=O) groups is 5. The zero-order chi connectivity index (χ0) is 32.1. The predicted molar refractivity (Wildman–Crippen MR) is 150 cm³/mol. The van der Waals surface area contributed by atoms with Crippen LogP contribution in [0.15, 0.2) is 30.3 Å². The number of hydrogen-bond acceptors (Lipinski definition) is 10. The quantitative estimate of drug-likeness (QED) is 0.108. The van der Waals surface area contributed by atoms with E-state index in [1.165, 1.54) is 0 Å². The number of benzene rings is 1. The molecule has 0 saturated carbocycles. The number of nitrogens with one attached hydrogen (secondary N) is 3. The van der Waals surface area contributed by atoms with E-state index in [0.29, 0.717) is 0 Å². The Hall–Kier alpha value is -3.63. The van der Waals surface area contributed by atoms with Crippen LogP contribution in [-0.4, -0.2) is 101 Å². The van der Waals surface area contributed by atoms with E-state index in [9.17, 15) is 34.2 Å². The summed E-state index contributed by atoms with van der Waals surface area (Å²) in [5.41, 5.74) is 6.07. The number of aliphatic hydroxyl groups excluding tert-OH is 2. The summed E-state index contributed by atoms with van der Waals surface area (Å²) in [6.45, 7) is 3.73. The van der Waals surface area contributed by atoms with Crippen molar-refractivity contribution in [3.05, 3.63) is 35.9 Å². The number of aliphatic hydroxyl groups is 2. The van der Waals surface area contributed by atoms with Crippen LogP contribution in [0.1, 0.15) is 45.6 Å². The molecule has 0 bridgehead atoms. The van der Waals surface area contributed by atoms with Gasteiger partial charge in [0.05, 0.1) is 13.2 Å². The second-order valence-electron chi connectivity index (χ2n) is 10.4. The standard InChI is InChI=1S/C28H42N4O11/c1-4-17(27(40)31-18(25(29)38)10-11-21(35)36)30-20(34)14-41-24-22(32-26(39)15(2)3)28(43-19(12-33)23(24)37)42-13-16-8-6-5-7-9-16/h5-9,15,17-19,22-24,28,33,37H,4,10-14H2,1-3H3,(H2,29,38)(H,30,34)(H,31,40)(H,32,39)(H,35,36)/t17?,18?,19-,22-,23-,24-,28+/m1/s1. The summed E-state index contributed by atoms with van der Waals surface area (Å²) in [6, 6.07) is 5.65. The van der Waals surface area contributed by atoms with Gasteiger partial charge in [0.1, 0.15) is 43.0 Å². The Morgan fingerprint density at radius 3 is 2.26 bits per heavy atom. The molecule has 8 N–H and O–H groups in total. The fourth-order valence-electron chi connectivity index (χ4n) is 4.23. The summed E-state index contributed by atoms with van der Waals surface area (Å²) in [5.74, 6) is -4.47. The molecule has 7 atom stereocenters. The van der Waals surface area contributed by atoms with Gasteiger partial charge in [-0.15, -0.1) is 0 Å². The number of nitrogens with two attached hydrogens (primary N) is 1. The summed E-state index contributed by atoms with van der Waals surface area (Å²) in [7, 11) is 0. The minimum Gasteiger partial charge on any atom is -0.481 e. The predicted octanol–water partition coefficient (Wildman–Crippen LogP) is -1.46. The average molecular weight is 611 g/mol. The van der Waals surface area contributed by atoms with E-state index in [1.807, 2.05) is 30.3 Å². The van der Waals surface area contributed by atoms with E-state index >= 15 is 0 Å². The molecule has 1 saturated heterocycles. The van der Waals surface area contributed by atoms with Crippen LogP contribution >= 0.6 is 0 Å². The highest BCUT2D eigenvalue weighted by Gasteiger charge is 2.47. The number of carbonyl (C=O) groups excluding carboxylic acids is 4. The molecule has 1 aromatic carbocycles. The first-order valence-corrected chi connectivity index (χ1v) is 14.0. The van der Waals surface area contributed by atoms with Crippen molar-refractivity contribution >= 4 is 29.6 Å². The van der Waals surface area contributed by atoms with Crippen LogP contribution in [0.4, 0.5) is 0 Å². The van der Waals surface area contributed by atoms with E-state index < -0.39 is 97.9 Å². The third-order valence-corrected chi connectivity index (χ3v) is 6.72. The molecule has 1 heterocycles. The van der Waals surface area contributed by atoms with Gasteiger partial charge in [0.2, 0.25) is 23.6 Å². The first-order chi connectivity index (χ1) is 20.4. The smallest absolute Gasteiger partial charge is 0.303 e. The molecule has 0 aliphatic carbocycles. The van der Waals surface area contributed by atoms with E-state index in [0.717, 1.165) is 5.56 Å². The van der Waals surface area contributed by atoms with Gasteiger partial charge in [-0.25, -0.2) is 0 Å². The van der Waals surface area contributed by atoms with Crippen LogP contribution in [-0.2, 0) is 44.8 Å². The van der Waals surface area contributed by atoms with Crippen molar-refractivity contribution in [2.75, 3.05) is 13.2 Å². The van der Waals surface area contributed by atoms with E-state index in [1.54, 1.807) is 20.8 Å². The molecule has 0 spiro atoms. The van der Waals surface area contributed by atoms with Crippen LogP contribution in [0.25, 0.3) is 0 Å². The molecule has 2 rings (SSSR count). The molecule has 240 valence electrons. The zero-order valence-electron chi connectivity index (χ0n) is 24.4. The van der Waals surface area contributed by atoms with Crippen LogP contribution in [0.2, 0.25) is 0 Å². The molecule has 1 aliphatic heterocycles. The lowest BCUT2D eigenvalue weighted by molar-refractivity contribution is -0.279. The fourth-order valence-corrected chi connectivity index (χ4v) is 4.23. The average Bonchev–Trinajstić information content (AvgIpc) is 2.97. The number of carboxylic acids is 1. The molecule has 1 aliphatic rings. The van der Waals surface area contributed by atoms with Crippen molar-refractivity contribution in [2.45, 2.75) is 89.4 Å². The fraction of sp³-hybridized carbons (Fsp3) is 0.607. The van der Waals surface area contributed by atoms with Gasteiger partial charge in [-0.05, 0) is 18.4 Å². The van der Waals surface area contributed by atoms with E-state index in [2.05, 4.69) is 16.0 Å². The first-order valence-electron chi connectivity index (χ1n) is 14.0. The molecule has 2 unspecified atom stereocenters. The number of rotatable bonds is 17. The first kappa shape index (κ1) is 35.6. The molecular weight excluding hydrogens is 568 g/mol. The third-order valence-electron chi connectivity index (χ3n) is 6.72. The molecule has 15 nitrogen and oxygen atoms in total. The highest BCUT2D eigenvalue weighted by Crippen LogP contribution is 2.26. The molecule has 4 amide bonds. The lowest BCUT2D eigenvalue weighted by Crippen LogP contribution is -2.66. The van der Waals surface area contributed by atoms with Crippen molar-refractivity contribution in [3.63, 3.8) is 0 Å². The van der Waals surface area contributed by atoms with Gasteiger partial charge in [0, 0.05) is 12.3 Å². The zero-order valence-corrected chi connectivity index (χ0v) is 24.4. The maximum atomic E-state index is 12.8. The van der Waals surface area contributed by atoms with Crippen LogP contribution in [0.5, 0.6) is 0 Å². The Morgan fingerprint density at radius 2 is 1.70 bits per heavy atom. The normalized spacial score (nSPS) is 23.2. The molecule has 1 fully saturated rings. The minimum atomic E-state index is -1.47. The molecule has 1 aromatic rings. The number of hydrogen-bond donors (Lipinski definition) is 7. The van der Waals surface area contributed by atoms with Crippen molar-refractivity contribution in [1.29, 1.82) is 0 Å².